The highest BCUT2D eigenvalue weighted by Crippen LogP contribution is 2.33. The Balaban J connectivity index is 1.17. The number of fused-ring (bicyclic) bond motifs is 1. The number of aromatic nitrogens is 3. The summed E-state index contributed by atoms with van der Waals surface area (Å²) >= 11 is 1.07. The average Bonchev–Trinajstić information content (AvgIpc) is 3.58. The molecule has 3 aromatic rings. The second-order valence-corrected chi connectivity index (χ2v) is 11.7. The summed E-state index contributed by atoms with van der Waals surface area (Å²) < 4.78 is 41.0. The van der Waals surface area contributed by atoms with E-state index in [1.54, 1.807) is 0 Å². The molecule has 1 atom stereocenters. The second-order valence-electron chi connectivity index (χ2n) is 9.85. The van der Waals surface area contributed by atoms with Gasteiger partial charge in [0.2, 0.25) is 0 Å². The maximum atomic E-state index is 13.1. The van der Waals surface area contributed by atoms with E-state index in [1.165, 1.54) is 19.2 Å². The number of carbonyl (C=O) groups excluding carboxylic acids is 2. The van der Waals surface area contributed by atoms with Gasteiger partial charge in [-0.1, -0.05) is 5.16 Å². The molecule has 224 valence electrons. The Kier molecular flexibility index (Phi) is 8.15. The molecule has 2 amide bonds. The standard InChI is InChI=1S/C24H28N8O8S2/c1-24(2)19(22(34)32(24)40-42(35,36)37)30-21(33)18(17-12-41-23(25)29-17)31-39-10-9-38-14-5-3-13(4-6-14)20-27-15-7-8-26-11-16(15)28-20/h3-6,12,19,26H,7-11H2,1-2H3,(H2,25,29)(H,27,28)(H,30,33)(H,35,36,37)/b31-18-/t19-/m1/s1. The third kappa shape index (κ3) is 6.36. The van der Waals surface area contributed by atoms with Gasteiger partial charge in [-0.3, -0.25) is 14.1 Å². The number of β-lactam (4-membered cyclic amide) rings is 1. The first kappa shape index (κ1) is 29.4. The van der Waals surface area contributed by atoms with E-state index in [0.717, 1.165) is 53.6 Å². The lowest BCUT2D eigenvalue weighted by Gasteiger charge is -2.50. The molecule has 1 fully saturated rings. The fourth-order valence-electron chi connectivity index (χ4n) is 4.39. The molecule has 16 nitrogen and oxygen atoms in total. The van der Waals surface area contributed by atoms with Crippen LogP contribution in [0.5, 0.6) is 5.75 Å². The van der Waals surface area contributed by atoms with Crippen molar-refractivity contribution in [3.05, 3.63) is 46.7 Å². The minimum absolute atomic E-state index is 0.0279. The van der Waals surface area contributed by atoms with Crippen LogP contribution < -0.4 is 21.1 Å². The Hall–Kier alpha value is -4.10. The number of hydrogen-bond acceptors (Lipinski definition) is 13. The molecule has 0 aliphatic carbocycles. The Morgan fingerprint density at radius 1 is 1.29 bits per heavy atom. The SMILES string of the molecule is CC1(C)[C@H](NC(=O)/C(=N\OCCOc2ccc(-c3nc4c([nH]3)CNCC4)cc2)c2csc(N)n2)C(=O)N1OS(=O)(=O)O. The van der Waals surface area contributed by atoms with Crippen molar-refractivity contribution in [2.24, 2.45) is 5.16 Å². The van der Waals surface area contributed by atoms with Gasteiger partial charge in [0.15, 0.2) is 17.5 Å². The molecular weight excluding hydrogens is 592 g/mol. The van der Waals surface area contributed by atoms with Crippen molar-refractivity contribution in [1.82, 2.24) is 30.6 Å². The maximum absolute atomic E-state index is 13.1. The van der Waals surface area contributed by atoms with Gasteiger partial charge < -0.3 is 30.9 Å². The summed E-state index contributed by atoms with van der Waals surface area (Å²) in [6.07, 6.45) is 0.885. The van der Waals surface area contributed by atoms with Crippen LogP contribution >= 0.6 is 11.3 Å². The number of amides is 2. The van der Waals surface area contributed by atoms with Gasteiger partial charge in [-0.05, 0) is 38.1 Å². The van der Waals surface area contributed by atoms with Crippen LogP contribution in [-0.2, 0) is 42.1 Å². The van der Waals surface area contributed by atoms with Crippen molar-refractivity contribution in [3.63, 3.8) is 0 Å². The van der Waals surface area contributed by atoms with Crippen molar-refractivity contribution < 1.29 is 36.4 Å². The number of imidazole rings is 1. The Labute approximate surface area is 244 Å². The minimum Gasteiger partial charge on any atom is -0.490 e. The molecule has 0 bridgehead atoms. The van der Waals surface area contributed by atoms with E-state index in [4.69, 9.17) is 19.9 Å². The maximum Gasteiger partial charge on any atom is 0.418 e. The van der Waals surface area contributed by atoms with Crippen LogP contribution in [0.1, 0.15) is 30.9 Å². The molecule has 2 aromatic heterocycles. The molecule has 1 aromatic carbocycles. The number of ether oxygens (including phenoxy) is 1. The third-order valence-electron chi connectivity index (χ3n) is 6.53. The molecule has 2 aliphatic heterocycles. The number of hydrogen-bond donors (Lipinski definition) is 5. The van der Waals surface area contributed by atoms with Gasteiger partial charge in [0.05, 0.1) is 16.9 Å². The van der Waals surface area contributed by atoms with Crippen molar-refractivity contribution in [2.45, 2.75) is 38.4 Å². The lowest BCUT2D eigenvalue weighted by Crippen LogP contribution is -2.76. The zero-order valence-corrected chi connectivity index (χ0v) is 24.1. The van der Waals surface area contributed by atoms with E-state index in [9.17, 15) is 18.0 Å². The molecule has 4 heterocycles. The Bertz CT molecular complexity index is 1590. The van der Waals surface area contributed by atoms with E-state index in [-0.39, 0.29) is 29.8 Å². The first-order valence-corrected chi connectivity index (χ1v) is 14.9. The number of rotatable bonds is 11. The number of carbonyl (C=O) groups is 2. The molecule has 0 spiro atoms. The van der Waals surface area contributed by atoms with Crippen LogP contribution in [0.15, 0.2) is 34.8 Å². The van der Waals surface area contributed by atoms with Gasteiger partial charge in [0.1, 0.15) is 29.9 Å². The number of benzene rings is 1. The topological polar surface area (TPSA) is 223 Å². The van der Waals surface area contributed by atoms with E-state index in [0.29, 0.717) is 10.8 Å². The van der Waals surface area contributed by atoms with Crippen LogP contribution in [0.3, 0.4) is 0 Å². The molecule has 42 heavy (non-hydrogen) atoms. The number of nitrogens with one attached hydrogen (secondary N) is 3. The predicted molar refractivity (Wildman–Crippen MR) is 149 cm³/mol. The van der Waals surface area contributed by atoms with Crippen LogP contribution in [0.25, 0.3) is 11.4 Å². The summed E-state index contributed by atoms with van der Waals surface area (Å²) in [5.74, 6) is -0.332. The zero-order chi connectivity index (χ0) is 30.1. The molecular formula is C24H28N8O8S2. The number of aromatic amines is 1. The van der Waals surface area contributed by atoms with Gasteiger partial charge in [0.25, 0.3) is 11.8 Å². The molecule has 0 radical (unpaired) electrons. The minimum atomic E-state index is -4.94. The first-order valence-electron chi connectivity index (χ1n) is 12.7. The van der Waals surface area contributed by atoms with Gasteiger partial charge in [0, 0.05) is 30.5 Å². The fourth-order valence-corrected chi connectivity index (χ4v) is 5.39. The first-order chi connectivity index (χ1) is 19.9. The lowest BCUT2D eigenvalue weighted by molar-refractivity contribution is -0.218. The van der Waals surface area contributed by atoms with Gasteiger partial charge in [-0.15, -0.1) is 15.6 Å². The molecule has 5 rings (SSSR count). The number of H-pyrrole nitrogens is 1. The summed E-state index contributed by atoms with van der Waals surface area (Å²) in [7, 11) is -4.94. The monoisotopic (exact) mass is 620 g/mol. The lowest BCUT2D eigenvalue weighted by atomic mass is 9.84. The highest BCUT2D eigenvalue weighted by molar-refractivity contribution is 7.80. The highest BCUT2D eigenvalue weighted by Gasteiger charge is 2.58. The van der Waals surface area contributed by atoms with Crippen LogP contribution in [0.2, 0.25) is 0 Å². The van der Waals surface area contributed by atoms with E-state index in [1.807, 2.05) is 24.3 Å². The van der Waals surface area contributed by atoms with Crippen molar-refractivity contribution in [2.75, 3.05) is 25.5 Å². The van der Waals surface area contributed by atoms with Crippen molar-refractivity contribution in [3.8, 4) is 17.1 Å². The smallest absolute Gasteiger partial charge is 0.418 e. The van der Waals surface area contributed by atoms with Crippen LogP contribution in [0.4, 0.5) is 5.13 Å². The van der Waals surface area contributed by atoms with Gasteiger partial charge in [-0.2, -0.15) is 13.5 Å². The number of nitrogen functional groups attached to an aromatic ring is 1. The number of hydroxylamine groups is 2. The second kappa shape index (κ2) is 11.6. The number of nitrogens with two attached hydrogens (primary N) is 1. The summed E-state index contributed by atoms with van der Waals surface area (Å²) in [4.78, 5) is 42.9. The van der Waals surface area contributed by atoms with Gasteiger partial charge >= 0.3 is 10.4 Å². The van der Waals surface area contributed by atoms with Gasteiger partial charge in [-0.25, -0.2) is 9.97 Å². The largest absolute Gasteiger partial charge is 0.490 e. The fraction of sp³-hybridized carbons (Fsp3) is 0.375. The van der Waals surface area contributed by atoms with E-state index in [2.05, 4.69) is 35.0 Å². The predicted octanol–water partition coefficient (Wildman–Crippen LogP) is 0.401. The molecule has 1 saturated heterocycles. The quantitative estimate of drug-likeness (QED) is 0.0646. The third-order valence-corrected chi connectivity index (χ3v) is 7.54. The zero-order valence-electron chi connectivity index (χ0n) is 22.5. The molecule has 18 heteroatoms. The van der Waals surface area contributed by atoms with Crippen molar-refractivity contribution >= 4 is 44.4 Å². The highest BCUT2D eigenvalue weighted by atomic mass is 32.3. The average molecular weight is 621 g/mol. The summed E-state index contributed by atoms with van der Waals surface area (Å²) in [6, 6.07) is 6.21. The van der Waals surface area contributed by atoms with Crippen LogP contribution in [0, 0.1) is 0 Å². The molecule has 0 saturated carbocycles. The summed E-state index contributed by atoms with van der Waals surface area (Å²) in [6.45, 7) is 4.62. The molecule has 0 unspecified atom stereocenters. The Morgan fingerprint density at radius 2 is 2.05 bits per heavy atom. The molecule has 6 N–H and O–H groups in total. The number of oxime groups is 1. The Morgan fingerprint density at radius 3 is 2.69 bits per heavy atom. The van der Waals surface area contributed by atoms with E-state index < -0.39 is 33.8 Å². The number of nitrogens with zero attached hydrogens (tertiary/aromatic N) is 4. The summed E-state index contributed by atoms with van der Waals surface area (Å²) in [5, 5.41) is 11.8. The number of anilines is 1. The van der Waals surface area contributed by atoms with Crippen molar-refractivity contribution in [1.29, 1.82) is 0 Å². The van der Waals surface area contributed by atoms with Crippen LogP contribution in [-0.4, -0.2) is 81.9 Å². The molecule has 2 aliphatic rings. The number of thiazole rings is 1. The summed E-state index contributed by atoms with van der Waals surface area (Å²) in [5.41, 5.74) is 7.34. The van der Waals surface area contributed by atoms with E-state index >= 15 is 0 Å². The normalized spacial score (nSPS) is 18.3.